The maximum atomic E-state index is 11.4. The van der Waals surface area contributed by atoms with Crippen molar-refractivity contribution in [3.63, 3.8) is 0 Å². The zero-order valence-electron chi connectivity index (χ0n) is 8.90. The highest BCUT2D eigenvalue weighted by atomic mass is 16.5. The van der Waals surface area contributed by atoms with Crippen LogP contribution in [0.5, 0.6) is 5.75 Å². The van der Waals surface area contributed by atoms with E-state index >= 15 is 0 Å². The standard InChI is InChI=1S/C11H13NO4/c1-2-12-11(15)8-3-5-9(6-4-8)16-7-10(13)14/h3-6H,2,7H2,1H3,(H,12,15)(H,13,14). The molecule has 5 nitrogen and oxygen atoms in total. The second-order valence-electron chi connectivity index (χ2n) is 3.07. The fourth-order valence-corrected chi connectivity index (χ4v) is 1.11. The van der Waals surface area contributed by atoms with Gasteiger partial charge in [-0.15, -0.1) is 0 Å². The zero-order valence-corrected chi connectivity index (χ0v) is 8.90. The van der Waals surface area contributed by atoms with Crippen LogP contribution < -0.4 is 10.1 Å². The van der Waals surface area contributed by atoms with Gasteiger partial charge in [0.2, 0.25) is 0 Å². The van der Waals surface area contributed by atoms with Gasteiger partial charge in [-0.25, -0.2) is 4.79 Å². The molecule has 0 atom stereocenters. The molecule has 0 aromatic heterocycles. The minimum atomic E-state index is -1.03. The van der Waals surface area contributed by atoms with Gasteiger partial charge in [-0.2, -0.15) is 0 Å². The molecule has 1 aromatic rings. The molecule has 0 bridgehead atoms. The van der Waals surface area contributed by atoms with Crippen molar-refractivity contribution < 1.29 is 19.4 Å². The molecule has 0 radical (unpaired) electrons. The van der Waals surface area contributed by atoms with Crippen LogP contribution in [0.15, 0.2) is 24.3 Å². The molecule has 0 heterocycles. The molecular weight excluding hydrogens is 210 g/mol. The molecule has 0 unspecified atom stereocenters. The number of benzene rings is 1. The van der Waals surface area contributed by atoms with Crippen LogP contribution in [0.4, 0.5) is 0 Å². The summed E-state index contributed by atoms with van der Waals surface area (Å²) in [5.41, 5.74) is 0.518. The number of rotatable bonds is 5. The van der Waals surface area contributed by atoms with E-state index in [0.717, 1.165) is 0 Å². The van der Waals surface area contributed by atoms with E-state index in [2.05, 4.69) is 5.32 Å². The second kappa shape index (κ2) is 5.75. The normalized spacial score (nSPS) is 9.56. The first-order chi connectivity index (χ1) is 7.63. The van der Waals surface area contributed by atoms with E-state index in [1.807, 2.05) is 6.92 Å². The predicted molar refractivity (Wildman–Crippen MR) is 57.6 cm³/mol. The van der Waals surface area contributed by atoms with Crippen LogP contribution in [0.1, 0.15) is 17.3 Å². The molecule has 0 fully saturated rings. The number of ether oxygens (including phenoxy) is 1. The van der Waals surface area contributed by atoms with Gasteiger partial charge in [0.15, 0.2) is 6.61 Å². The van der Waals surface area contributed by atoms with Crippen LogP contribution in [0.2, 0.25) is 0 Å². The van der Waals surface area contributed by atoms with Gasteiger partial charge in [0, 0.05) is 12.1 Å². The molecule has 0 aliphatic heterocycles. The highest BCUT2D eigenvalue weighted by molar-refractivity contribution is 5.94. The van der Waals surface area contributed by atoms with Crippen molar-refractivity contribution in [3.8, 4) is 5.75 Å². The lowest BCUT2D eigenvalue weighted by Gasteiger charge is -2.05. The van der Waals surface area contributed by atoms with E-state index in [9.17, 15) is 9.59 Å². The molecule has 0 aliphatic rings. The molecule has 5 heteroatoms. The van der Waals surface area contributed by atoms with Gasteiger partial charge in [0.1, 0.15) is 5.75 Å². The van der Waals surface area contributed by atoms with E-state index in [0.29, 0.717) is 17.9 Å². The lowest BCUT2D eigenvalue weighted by atomic mass is 10.2. The summed E-state index contributed by atoms with van der Waals surface area (Å²) in [6.45, 7) is 2.01. The van der Waals surface area contributed by atoms with E-state index in [-0.39, 0.29) is 12.5 Å². The SMILES string of the molecule is CCNC(=O)c1ccc(OCC(=O)O)cc1. The van der Waals surface area contributed by atoms with Crippen molar-refractivity contribution in [2.24, 2.45) is 0 Å². The Balaban J connectivity index is 2.60. The third kappa shape index (κ3) is 3.61. The molecule has 2 N–H and O–H groups in total. The van der Waals surface area contributed by atoms with E-state index in [1.165, 1.54) is 0 Å². The number of aliphatic carboxylic acids is 1. The molecule has 0 spiro atoms. The number of hydrogen-bond donors (Lipinski definition) is 2. The highest BCUT2D eigenvalue weighted by Crippen LogP contribution is 2.11. The highest BCUT2D eigenvalue weighted by Gasteiger charge is 2.04. The number of carbonyl (C=O) groups is 2. The molecule has 1 amide bonds. The molecular formula is C11H13NO4. The Labute approximate surface area is 93.0 Å². The van der Waals surface area contributed by atoms with Crippen molar-refractivity contribution in [1.82, 2.24) is 5.32 Å². The number of carboxylic acid groups (broad SMARTS) is 1. The Bertz CT molecular complexity index is 372. The number of amides is 1. The quantitative estimate of drug-likeness (QED) is 0.777. The van der Waals surface area contributed by atoms with Crippen molar-refractivity contribution in [2.75, 3.05) is 13.2 Å². The maximum Gasteiger partial charge on any atom is 0.341 e. The Morgan fingerprint density at radius 1 is 1.31 bits per heavy atom. The molecule has 0 aliphatic carbocycles. The van der Waals surface area contributed by atoms with Crippen LogP contribution in [0.3, 0.4) is 0 Å². The molecule has 86 valence electrons. The Kier molecular flexibility index (Phi) is 4.32. The molecule has 16 heavy (non-hydrogen) atoms. The van der Waals surface area contributed by atoms with Gasteiger partial charge < -0.3 is 15.2 Å². The fourth-order valence-electron chi connectivity index (χ4n) is 1.11. The summed E-state index contributed by atoms with van der Waals surface area (Å²) in [6, 6.07) is 6.30. The second-order valence-corrected chi connectivity index (χ2v) is 3.07. The molecule has 0 saturated heterocycles. The molecule has 1 rings (SSSR count). The summed E-state index contributed by atoms with van der Waals surface area (Å²) < 4.78 is 4.93. The van der Waals surface area contributed by atoms with Crippen LogP contribution in [0, 0.1) is 0 Å². The van der Waals surface area contributed by atoms with Crippen LogP contribution in [-0.2, 0) is 4.79 Å². The summed E-state index contributed by atoms with van der Waals surface area (Å²) in [5.74, 6) is -0.768. The maximum absolute atomic E-state index is 11.4. The average Bonchev–Trinajstić information content (AvgIpc) is 2.27. The number of carboxylic acids is 1. The minimum absolute atomic E-state index is 0.160. The van der Waals surface area contributed by atoms with E-state index < -0.39 is 5.97 Å². The Morgan fingerprint density at radius 3 is 2.44 bits per heavy atom. The number of nitrogens with one attached hydrogen (secondary N) is 1. The smallest absolute Gasteiger partial charge is 0.341 e. The summed E-state index contributed by atoms with van der Waals surface area (Å²) >= 11 is 0. The van der Waals surface area contributed by atoms with Gasteiger partial charge in [0.05, 0.1) is 0 Å². The average molecular weight is 223 g/mol. The third-order valence-electron chi connectivity index (χ3n) is 1.82. The summed E-state index contributed by atoms with van der Waals surface area (Å²) in [4.78, 5) is 21.6. The van der Waals surface area contributed by atoms with Crippen LogP contribution >= 0.6 is 0 Å². The first-order valence-electron chi connectivity index (χ1n) is 4.86. The predicted octanol–water partition coefficient (Wildman–Crippen LogP) is 0.900. The fraction of sp³-hybridized carbons (Fsp3) is 0.273. The van der Waals surface area contributed by atoms with Crippen molar-refractivity contribution >= 4 is 11.9 Å². The molecule has 0 saturated carbocycles. The van der Waals surface area contributed by atoms with E-state index in [1.54, 1.807) is 24.3 Å². The van der Waals surface area contributed by atoms with Crippen molar-refractivity contribution in [2.45, 2.75) is 6.92 Å². The number of hydrogen-bond acceptors (Lipinski definition) is 3. The summed E-state index contributed by atoms with van der Waals surface area (Å²) in [6.07, 6.45) is 0. The third-order valence-corrected chi connectivity index (χ3v) is 1.82. The lowest BCUT2D eigenvalue weighted by Crippen LogP contribution is -2.22. The van der Waals surface area contributed by atoms with Crippen LogP contribution in [0.25, 0.3) is 0 Å². The summed E-state index contributed by atoms with van der Waals surface area (Å²) in [5, 5.41) is 11.1. The molecule has 1 aromatic carbocycles. The van der Waals surface area contributed by atoms with Gasteiger partial charge in [-0.05, 0) is 31.2 Å². The van der Waals surface area contributed by atoms with Crippen molar-refractivity contribution in [1.29, 1.82) is 0 Å². The van der Waals surface area contributed by atoms with Gasteiger partial charge in [0.25, 0.3) is 5.91 Å². The largest absolute Gasteiger partial charge is 0.482 e. The zero-order chi connectivity index (χ0) is 12.0. The minimum Gasteiger partial charge on any atom is -0.482 e. The van der Waals surface area contributed by atoms with E-state index in [4.69, 9.17) is 9.84 Å². The Morgan fingerprint density at radius 2 is 1.94 bits per heavy atom. The number of carbonyl (C=O) groups excluding carboxylic acids is 1. The van der Waals surface area contributed by atoms with Crippen LogP contribution in [-0.4, -0.2) is 30.1 Å². The first kappa shape index (κ1) is 12.0. The van der Waals surface area contributed by atoms with Gasteiger partial charge >= 0.3 is 5.97 Å². The lowest BCUT2D eigenvalue weighted by molar-refractivity contribution is -0.139. The monoisotopic (exact) mass is 223 g/mol. The van der Waals surface area contributed by atoms with Gasteiger partial charge in [-0.1, -0.05) is 0 Å². The van der Waals surface area contributed by atoms with Gasteiger partial charge in [-0.3, -0.25) is 4.79 Å². The Hall–Kier alpha value is -2.04. The van der Waals surface area contributed by atoms with Crippen molar-refractivity contribution in [3.05, 3.63) is 29.8 Å². The first-order valence-corrected chi connectivity index (χ1v) is 4.86. The topological polar surface area (TPSA) is 75.6 Å². The summed E-state index contributed by atoms with van der Waals surface area (Å²) in [7, 11) is 0.